The molecule has 9 heteroatoms. The average molecular weight is 306 g/mol. The summed E-state index contributed by atoms with van der Waals surface area (Å²) in [6.45, 7) is 1.78. The third-order valence-corrected chi connectivity index (χ3v) is 3.97. The van der Waals surface area contributed by atoms with Crippen LogP contribution in [-0.2, 0) is 9.53 Å². The zero-order chi connectivity index (χ0) is 15.9. The fourth-order valence-electron chi connectivity index (χ4n) is 2.69. The number of amides is 1. The Morgan fingerprint density at radius 3 is 2.82 bits per heavy atom. The summed E-state index contributed by atoms with van der Waals surface area (Å²) < 4.78 is 7.37. The molecule has 2 aromatic rings. The lowest BCUT2D eigenvalue weighted by atomic mass is 10.00. The molecule has 0 radical (unpaired) electrons. The Balaban J connectivity index is 2.00. The fourth-order valence-corrected chi connectivity index (χ4v) is 2.69. The summed E-state index contributed by atoms with van der Waals surface area (Å²) in [7, 11) is 3.28. The lowest BCUT2D eigenvalue weighted by molar-refractivity contribution is -0.135. The molecule has 0 spiro atoms. The van der Waals surface area contributed by atoms with Gasteiger partial charge in [-0.2, -0.15) is 0 Å². The van der Waals surface area contributed by atoms with E-state index in [2.05, 4.69) is 25.6 Å². The Hall–Kier alpha value is -2.26. The molecular weight excluding hydrogens is 288 g/mol. The standard InChI is InChI=1S/C13H18N6O3/c1-6-8(20)13(22-9(6)12(21)15-3)19-5-18-7-10(14-2)16-4-17-11(7)19/h4-6,8-9,13,20H,1-3H3,(H,15,21)(H,14,16,17)/t6?,8?,9-,13+/m0/s1. The molecular formula is C13H18N6O3. The van der Waals surface area contributed by atoms with Crippen LogP contribution in [0.25, 0.3) is 11.2 Å². The third-order valence-electron chi connectivity index (χ3n) is 3.97. The topological polar surface area (TPSA) is 114 Å². The molecule has 0 aliphatic carbocycles. The van der Waals surface area contributed by atoms with Gasteiger partial charge in [0.1, 0.15) is 24.1 Å². The quantitative estimate of drug-likeness (QED) is 0.701. The number of likely N-dealkylation sites (N-methyl/N-ethyl adjacent to an activating group) is 1. The van der Waals surface area contributed by atoms with Crippen LogP contribution in [0.5, 0.6) is 0 Å². The number of aliphatic hydroxyl groups is 1. The molecule has 0 saturated carbocycles. The van der Waals surface area contributed by atoms with Crippen LogP contribution in [0.3, 0.4) is 0 Å². The van der Waals surface area contributed by atoms with Crippen molar-refractivity contribution in [1.82, 2.24) is 24.8 Å². The largest absolute Gasteiger partial charge is 0.388 e. The Labute approximate surface area is 126 Å². The van der Waals surface area contributed by atoms with E-state index >= 15 is 0 Å². The molecule has 1 aliphatic heterocycles. The van der Waals surface area contributed by atoms with Crippen LogP contribution in [0.15, 0.2) is 12.7 Å². The maximum Gasteiger partial charge on any atom is 0.249 e. The van der Waals surface area contributed by atoms with Crippen molar-refractivity contribution in [3.05, 3.63) is 12.7 Å². The maximum absolute atomic E-state index is 11.8. The van der Waals surface area contributed by atoms with Crippen molar-refractivity contribution < 1.29 is 14.6 Å². The number of ether oxygens (including phenoxy) is 1. The number of imidazole rings is 1. The number of carbonyl (C=O) groups excluding carboxylic acids is 1. The fraction of sp³-hybridized carbons (Fsp3) is 0.538. The first-order valence-corrected chi connectivity index (χ1v) is 6.99. The van der Waals surface area contributed by atoms with E-state index < -0.39 is 18.4 Å². The molecule has 2 aromatic heterocycles. The number of fused-ring (bicyclic) bond motifs is 1. The molecule has 0 aromatic carbocycles. The first-order chi connectivity index (χ1) is 10.6. The third kappa shape index (κ3) is 2.09. The van der Waals surface area contributed by atoms with Gasteiger partial charge in [-0.25, -0.2) is 15.0 Å². The van der Waals surface area contributed by atoms with Gasteiger partial charge in [0.2, 0.25) is 5.91 Å². The highest BCUT2D eigenvalue weighted by atomic mass is 16.5. The molecule has 4 atom stereocenters. The van der Waals surface area contributed by atoms with E-state index in [4.69, 9.17) is 4.74 Å². The van der Waals surface area contributed by atoms with Gasteiger partial charge >= 0.3 is 0 Å². The summed E-state index contributed by atoms with van der Waals surface area (Å²) in [4.78, 5) is 24.4. The summed E-state index contributed by atoms with van der Waals surface area (Å²) in [5.74, 6) is -0.0100. The predicted molar refractivity (Wildman–Crippen MR) is 78.0 cm³/mol. The summed E-state index contributed by atoms with van der Waals surface area (Å²) in [6.07, 6.45) is 0.669. The van der Waals surface area contributed by atoms with E-state index in [1.807, 2.05) is 0 Å². The van der Waals surface area contributed by atoms with Crippen molar-refractivity contribution in [2.45, 2.75) is 25.4 Å². The second-order valence-electron chi connectivity index (χ2n) is 5.21. The first-order valence-electron chi connectivity index (χ1n) is 6.99. The SMILES string of the molecule is CNC(=O)[C@H]1O[C@@H](n2cnc3c(NC)ncnc32)C(O)C1C. The minimum Gasteiger partial charge on any atom is -0.388 e. The minimum atomic E-state index is -0.840. The van der Waals surface area contributed by atoms with E-state index in [1.54, 1.807) is 18.5 Å². The highest BCUT2D eigenvalue weighted by Gasteiger charge is 2.45. The van der Waals surface area contributed by atoms with E-state index in [9.17, 15) is 9.90 Å². The van der Waals surface area contributed by atoms with Gasteiger partial charge in [0, 0.05) is 20.0 Å². The van der Waals surface area contributed by atoms with Gasteiger partial charge in [-0.15, -0.1) is 0 Å². The Bertz CT molecular complexity index is 702. The molecule has 1 fully saturated rings. The van der Waals surface area contributed by atoms with Crippen LogP contribution in [0, 0.1) is 5.92 Å². The van der Waals surface area contributed by atoms with Crippen LogP contribution < -0.4 is 10.6 Å². The lowest BCUT2D eigenvalue weighted by Gasteiger charge is -2.16. The molecule has 0 bridgehead atoms. The molecule has 118 valence electrons. The molecule has 1 aliphatic rings. The lowest BCUT2D eigenvalue weighted by Crippen LogP contribution is -2.36. The second kappa shape index (κ2) is 5.50. The number of aliphatic hydroxyl groups excluding tert-OH is 1. The molecule has 22 heavy (non-hydrogen) atoms. The van der Waals surface area contributed by atoms with E-state index in [0.717, 1.165) is 0 Å². The van der Waals surface area contributed by atoms with Gasteiger partial charge in [-0.1, -0.05) is 6.92 Å². The number of hydrogen-bond acceptors (Lipinski definition) is 7. The van der Waals surface area contributed by atoms with E-state index in [1.165, 1.54) is 19.7 Å². The van der Waals surface area contributed by atoms with Gasteiger partial charge < -0.3 is 20.5 Å². The average Bonchev–Trinajstić information content (AvgIpc) is 3.09. The van der Waals surface area contributed by atoms with Gasteiger partial charge in [-0.3, -0.25) is 9.36 Å². The predicted octanol–water partition coefficient (Wildman–Crippen LogP) is -0.492. The summed E-state index contributed by atoms with van der Waals surface area (Å²) in [5.41, 5.74) is 1.12. The maximum atomic E-state index is 11.8. The highest BCUT2D eigenvalue weighted by Crippen LogP contribution is 2.35. The number of carbonyl (C=O) groups is 1. The number of rotatable bonds is 3. The van der Waals surface area contributed by atoms with Crippen molar-refractivity contribution in [2.24, 2.45) is 5.92 Å². The zero-order valence-corrected chi connectivity index (χ0v) is 12.5. The van der Waals surface area contributed by atoms with Crippen molar-refractivity contribution in [3.8, 4) is 0 Å². The molecule has 3 rings (SSSR count). The van der Waals surface area contributed by atoms with Crippen LogP contribution >= 0.6 is 0 Å². The smallest absolute Gasteiger partial charge is 0.249 e. The van der Waals surface area contributed by atoms with E-state index in [0.29, 0.717) is 17.0 Å². The number of anilines is 1. The monoisotopic (exact) mass is 306 g/mol. The number of nitrogens with zero attached hydrogens (tertiary/aromatic N) is 4. The summed E-state index contributed by atoms with van der Waals surface area (Å²) >= 11 is 0. The summed E-state index contributed by atoms with van der Waals surface area (Å²) in [5, 5.41) is 15.9. The van der Waals surface area contributed by atoms with Crippen molar-refractivity contribution in [2.75, 3.05) is 19.4 Å². The molecule has 1 amide bonds. The molecule has 2 unspecified atom stereocenters. The Morgan fingerprint density at radius 2 is 2.14 bits per heavy atom. The van der Waals surface area contributed by atoms with Crippen LogP contribution in [0.2, 0.25) is 0 Å². The minimum absolute atomic E-state index is 0.260. The first kappa shape index (κ1) is 14.7. The number of hydrogen-bond donors (Lipinski definition) is 3. The molecule has 9 nitrogen and oxygen atoms in total. The normalized spacial score (nSPS) is 28.0. The van der Waals surface area contributed by atoms with Gasteiger partial charge in [0.25, 0.3) is 0 Å². The molecule has 1 saturated heterocycles. The summed E-state index contributed by atoms with van der Waals surface area (Å²) in [6, 6.07) is 0. The number of aromatic nitrogens is 4. The van der Waals surface area contributed by atoms with Crippen molar-refractivity contribution in [1.29, 1.82) is 0 Å². The second-order valence-corrected chi connectivity index (χ2v) is 5.21. The Kier molecular flexibility index (Phi) is 3.67. The Morgan fingerprint density at radius 1 is 1.36 bits per heavy atom. The molecule has 3 heterocycles. The van der Waals surface area contributed by atoms with Gasteiger partial charge in [-0.05, 0) is 0 Å². The van der Waals surface area contributed by atoms with Gasteiger partial charge in [0.05, 0.1) is 6.33 Å². The van der Waals surface area contributed by atoms with Crippen molar-refractivity contribution in [3.63, 3.8) is 0 Å². The van der Waals surface area contributed by atoms with Crippen LogP contribution in [-0.4, -0.2) is 56.8 Å². The zero-order valence-electron chi connectivity index (χ0n) is 12.5. The number of nitrogens with one attached hydrogen (secondary N) is 2. The van der Waals surface area contributed by atoms with Crippen LogP contribution in [0.1, 0.15) is 13.2 Å². The van der Waals surface area contributed by atoms with Gasteiger partial charge in [0.15, 0.2) is 17.7 Å². The highest BCUT2D eigenvalue weighted by molar-refractivity contribution is 5.83. The van der Waals surface area contributed by atoms with Crippen molar-refractivity contribution >= 4 is 22.9 Å². The molecule has 3 N–H and O–H groups in total. The van der Waals surface area contributed by atoms with Crippen LogP contribution in [0.4, 0.5) is 5.82 Å². The van der Waals surface area contributed by atoms with E-state index in [-0.39, 0.29) is 11.8 Å².